The van der Waals surface area contributed by atoms with Crippen molar-refractivity contribution in [2.45, 2.75) is 31.7 Å². The van der Waals surface area contributed by atoms with Crippen LogP contribution in [-0.4, -0.2) is 17.1 Å². The first-order chi connectivity index (χ1) is 7.29. The number of nitrogens with zero attached hydrogens (tertiary/aromatic N) is 2. The summed E-state index contributed by atoms with van der Waals surface area (Å²) in [6, 6.07) is 1.83. The number of rotatable bonds is 5. The lowest BCUT2D eigenvalue weighted by atomic mass is 10.1. The Morgan fingerprint density at radius 3 is 3.00 bits per heavy atom. The molecule has 0 bridgehead atoms. The monoisotopic (exact) mass is 207 g/mol. The first kappa shape index (κ1) is 10.4. The van der Waals surface area contributed by atoms with E-state index in [0.29, 0.717) is 5.88 Å². The van der Waals surface area contributed by atoms with Crippen LogP contribution in [0.2, 0.25) is 0 Å². The van der Waals surface area contributed by atoms with Crippen LogP contribution in [0.1, 0.15) is 37.4 Å². The van der Waals surface area contributed by atoms with Crippen molar-refractivity contribution in [2.24, 2.45) is 11.7 Å². The summed E-state index contributed by atoms with van der Waals surface area (Å²) < 4.78 is 5.04. The fourth-order valence-corrected chi connectivity index (χ4v) is 1.64. The third-order valence-corrected chi connectivity index (χ3v) is 2.84. The lowest BCUT2D eigenvalue weighted by Gasteiger charge is -2.10. The van der Waals surface area contributed by atoms with Crippen LogP contribution >= 0.6 is 0 Å². The molecule has 2 N–H and O–H groups in total. The average Bonchev–Trinajstić information content (AvgIpc) is 3.10. The minimum Gasteiger partial charge on any atom is -0.481 e. The number of aromatic nitrogens is 2. The van der Waals surface area contributed by atoms with Crippen LogP contribution in [-0.2, 0) is 0 Å². The van der Waals surface area contributed by atoms with E-state index in [4.69, 9.17) is 10.5 Å². The molecule has 1 heterocycles. The lowest BCUT2D eigenvalue weighted by molar-refractivity contribution is 0.394. The lowest BCUT2D eigenvalue weighted by Crippen LogP contribution is -2.12. The van der Waals surface area contributed by atoms with E-state index in [0.717, 1.165) is 18.0 Å². The van der Waals surface area contributed by atoms with E-state index in [1.807, 2.05) is 6.07 Å². The number of hydrogen-bond acceptors (Lipinski definition) is 4. The molecule has 0 aromatic carbocycles. The Labute approximate surface area is 89.9 Å². The number of nitrogens with two attached hydrogens (primary N) is 1. The van der Waals surface area contributed by atoms with Gasteiger partial charge < -0.3 is 10.5 Å². The zero-order valence-corrected chi connectivity index (χ0v) is 9.02. The Balaban J connectivity index is 1.93. The number of hydrogen-bond donors (Lipinski definition) is 1. The van der Waals surface area contributed by atoms with Crippen molar-refractivity contribution in [3.63, 3.8) is 0 Å². The smallest absolute Gasteiger partial charge is 0.216 e. The second-order valence-corrected chi connectivity index (χ2v) is 4.11. The molecule has 1 fully saturated rings. The van der Waals surface area contributed by atoms with Crippen molar-refractivity contribution in [2.75, 3.05) is 7.11 Å². The van der Waals surface area contributed by atoms with Crippen LogP contribution in [0.4, 0.5) is 0 Å². The van der Waals surface area contributed by atoms with Crippen LogP contribution in [0.25, 0.3) is 0 Å². The fourth-order valence-electron chi connectivity index (χ4n) is 1.64. The van der Waals surface area contributed by atoms with Gasteiger partial charge in [-0.15, -0.1) is 0 Å². The van der Waals surface area contributed by atoms with E-state index in [2.05, 4.69) is 9.97 Å². The summed E-state index contributed by atoms with van der Waals surface area (Å²) in [6.45, 7) is 0. The van der Waals surface area contributed by atoms with Crippen LogP contribution in [0.5, 0.6) is 5.88 Å². The zero-order valence-electron chi connectivity index (χ0n) is 9.02. The average molecular weight is 207 g/mol. The molecule has 1 aromatic rings. The highest BCUT2D eigenvalue weighted by Gasteiger charge is 2.22. The maximum atomic E-state index is 6.05. The molecule has 1 aliphatic carbocycles. The Bertz CT molecular complexity index is 325. The summed E-state index contributed by atoms with van der Waals surface area (Å²) >= 11 is 0. The summed E-state index contributed by atoms with van der Waals surface area (Å²) in [7, 11) is 1.60. The van der Waals surface area contributed by atoms with Gasteiger partial charge in [-0.25, -0.2) is 9.97 Å². The molecule has 1 aromatic heterocycles. The van der Waals surface area contributed by atoms with Crippen molar-refractivity contribution >= 4 is 0 Å². The predicted octanol–water partition coefficient (Wildman–Crippen LogP) is 1.68. The molecule has 1 aliphatic rings. The third kappa shape index (κ3) is 2.89. The van der Waals surface area contributed by atoms with Crippen molar-refractivity contribution in [1.29, 1.82) is 0 Å². The van der Waals surface area contributed by atoms with Gasteiger partial charge in [0.2, 0.25) is 5.88 Å². The highest BCUT2D eigenvalue weighted by molar-refractivity contribution is 5.16. The third-order valence-electron chi connectivity index (χ3n) is 2.84. The van der Waals surface area contributed by atoms with E-state index in [1.54, 1.807) is 7.11 Å². The Hall–Kier alpha value is -1.16. The van der Waals surface area contributed by atoms with Gasteiger partial charge >= 0.3 is 0 Å². The van der Waals surface area contributed by atoms with Gasteiger partial charge in [-0.3, -0.25) is 0 Å². The summed E-state index contributed by atoms with van der Waals surface area (Å²) in [5.41, 5.74) is 6.93. The fraction of sp³-hybridized carbons (Fsp3) is 0.636. The summed E-state index contributed by atoms with van der Waals surface area (Å²) in [4.78, 5) is 8.13. The zero-order chi connectivity index (χ0) is 10.7. The molecule has 0 radical (unpaired) electrons. The van der Waals surface area contributed by atoms with Crippen LogP contribution < -0.4 is 10.5 Å². The van der Waals surface area contributed by atoms with Crippen LogP contribution in [0.3, 0.4) is 0 Å². The summed E-state index contributed by atoms with van der Waals surface area (Å²) in [5, 5.41) is 0. The second-order valence-electron chi connectivity index (χ2n) is 4.11. The minimum atomic E-state index is 0.0162. The molecule has 1 saturated carbocycles. The van der Waals surface area contributed by atoms with Crippen LogP contribution in [0, 0.1) is 5.92 Å². The number of ether oxygens (including phenoxy) is 1. The van der Waals surface area contributed by atoms with E-state index < -0.39 is 0 Å². The Morgan fingerprint density at radius 2 is 2.33 bits per heavy atom. The van der Waals surface area contributed by atoms with Crippen molar-refractivity contribution in [3.05, 3.63) is 18.1 Å². The molecule has 0 amide bonds. The molecule has 1 atom stereocenters. The van der Waals surface area contributed by atoms with Gasteiger partial charge in [0.1, 0.15) is 6.33 Å². The highest BCUT2D eigenvalue weighted by Crippen LogP contribution is 2.35. The molecule has 2 rings (SSSR count). The van der Waals surface area contributed by atoms with Crippen molar-refractivity contribution in [1.82, 2.24) is 9.97 Å². The molecule has 82 valence electrons. The molecule has 4 nitrogen and oxygen atoms in total. The van der Waals surface area contributed by atoms with Crippen molar-refractivity contribution in [3.8, 4) is 5.88 Å². The molecule has 0 aliphatic heterocycles. The number of methoxy groups -OCH3 is 1. The molecule has 4 heteroatoms. The van der Waals surface area contributed by atoms with Gasteiger partial charge in [0.05, 0.1) is 12.8 Å². The van der Waals surface area contributed by atoms with Gasteiger partial charge in [-0.1, -0.05) is 12.8 Å². The maximum Gasteiger partial charge on any atom is 0.216 e. The predicted molar refractivity (Wildman–Crippen MR) is 57.5 cm³/mol. The first-order valence-electron chi connectivity index (χ1n) is 5.41. The second kappa shape index (κ2) is 4.57. The molecular weight excluding hydrogens is 190 g/mol. The summed E-state index contributed by atoms with van der Waals surface area (Å²) in [5.74, 6) is 1.50. The summed E-state index contributed by atoms with van der Waals surface area (Å²) in [6.07, 6.45) is 6.48. The van der Waals surface area contributed by atoms with Crippen molar-refractivity contribution < 1.29 is 4.74 Å². The molecule has 0 spiro atoms. The Kier molecular flexibility index (Phi) is 3.16. The normalized spacial score (nSPS) is 17.5. The molecular formula is C11H17N3O. The van der Waals surface area contributed by atoms with E-state index in [9.17, 15) is 0 Å². The topological polar surface area (TPSA) is 61.0 Å². The van der Waals surface area contributed by atoms with Gasteiger partial charge in [0.15, 0.2) is 0 Å². The van der Waals surface area contributed by atoms with Gasteiger partial charge in [0.25, 0.3) is 0 Å². The van der Waals surface area contributed by atoms with Gasteiger partial charge in [0, 0.05) is 12.1 Å². The minimum absolute atomic E-state index is 0.0162. The molecule has 0 saturated heterocycles. The van der Waals surface area contributed by atoms with Gasteiger partial charge in [-0.2, -0.15) is 0 Å². The standard InChI is InChI=1S/C11H17N3O/c1-15-11-6-10(13-7-14-11)9(12)5-4-8-2-3-8/h6-9H,2-5,12H2,1H3. The highest BCUT2D eigenvalue weighted by atomic mass is 16.5. The molecule has 1 unspecified atom stereocenters. The van der Waals surface area contributed by atoms with E-state index in [1.165, 1.54) is 25.6 Å². The van der Waals surface area contributed by atoms with Crippen LogP contribution in [0.15, 0.2) is 12.4 Å². The SMILES string of the molecule is COc1cc(C(N)CCC2CC2)ncn1. The first-order valence-corrected chi connectivity index (χ1v) is 5.41. The quantitative estimate of drug-likeness (QED) is 0.798. The van der Waals surface area contributed by atoms with E-state index >= 15 is 0 Å². The van der Waals surface area contributed by atoms with E-state index in [-0.39, 0.29) is 6.04 Å². The molecule has 15 heavy (non-hydrogen) atoms. The Morgan fingerprint density at radius 1 is 1.53 bits per heavy atom. The largest absolute Gasteiger partial charge is 0.481 e. The van der Waals surface area contributed by atoms with Gasteiger partial charge in [-0.05, 0) is 18.8 Å². The maximum absolute atomic E-state index is 6.05.